The first-order valence-corrected chi connectivity index (χ1v) is 9.39. The molecule has 0 saturated heterocycles. The van der Waals surface area contributed by atoms with Crippen LogP contribution in [0, 0.1) is 5.82 Å². The molecule has 0 bridgehead atoms. The molecule has 0 radical (unpaired) electrons. The minimum atomic E-state index is -0.736. The van der Waals surface area contributed by atoms with E-state index in [9.17, 15) is 14.0 Å². The van der Waals surface area contributed by atoms with Crippen molar-refractivity contribution in [2.45, 2.75) is 6.61 Å². The van der Waals surface area contributed by atoms with Crippen molar-refractivity contribution in [3.63, 3.8) is 0 Å². The lowest BCUT2D eigenvalue weighted by atomic mass is 10.0. The van der Waals surface area contributed by atoms with Gasteiger partial charge in [-0.15, -0.1) is 0 Å². The highest BCUT2D eigenvalue weighted by atomic mass is 19.1. The SMILES string of the molecule is O=C(Nc1cccc2[nH]oc(=O)c12)OCc1cc2cc(-c3ccc(F)cc3)ccc2o1. The summed E-state index contributed by atoms with van der Waals surface area (Å²) in [6.45, 7) is -0.0931. The smallest absolute Gasteiger partial charge is 0.412 e. The molecule has 0 atom stereocenters. The van der Waals surface area contributed by atoms with Crippen molar-refractivity contribution in [2.75, 3.05) is 5.32 Å². The Hall–Kier alpha value is -4.33. The average molecular weight is 418 g/mol. The first-order valence-electron chi connectivity index (χ1n) is 9.39. The van der Waals surface area contributed by atoms with E-state index >= 15 is 0 Å². The van der Waals surface area contributed by atoms with Crippen LogP contribution in [-0.4, -0.2) is 11.2 Å². The Labute approximate surface area is 174 Å². The Morgan fingerprint density at radius 1 is 1.03 bits per heavy atom. The van der Waals surface area contributed by atoms with E-state index in [1.54, 1.807) is 36.4 Å². The summed E-state index contributed by atoms with van der Waals surface area (Å²) in [4.78, 5) is 24.0. The molecule has 3 aromatic carbocycles. The van der Waals surface area contributed by atoms with Crippen LogP contribution in [0.5, 0.6) is 0 Å². The van der Waals surface area contributed by atoms with Crippen molar-refractivity contribution >= 4 is 33.7 Å². The van der Waals surface area contributed by atoms with E-state index in [1.807, 2.05) is 18.2 Å². The number of anilines is 1. The van der Waals surface area contributed by atoms with Gasteiger partial charge in [-0.1, -0.05) is 24.3 Å². The lowest BCUT2D eigenvalue weighted by Gasteiger charge is -2.05. The molecular weight excluding hydrogens is 403 g/mol. The van der Waals surface area contributed by atoms with Crippen molar-refractivity contribution < 1.29 is 22.9 Å². The van der Waals surface area contributed by atoms with Crippen LogP contribution in [0.4, 0.5) is 14.9 Å². The van der Waals surface area contributed by atoms with Crippen LogP contribution in [-0.2, 0) is 11.3 Å². The molecule has 0 unspecified atom stereocenters. The first kappa shape index (κ1) is 18.7. The number of amides is 1. The van der Waals surface area contributed by atoms with E-state index < -0.39 is 11.7 Å². The Morgan fingerprint density at radius 3 is 2.68 bits per heavy atom. The Bertz CT molecular complexity index is 1460. The number of aromatic nitrogens is 1. The lowest BCUT2D eigenvalue weighted by molar-refractivity contribution is 0.147. The quantitative estimate of drug-likeness (QED) is 0.406. The van der Waals surface area contributed by atoms with E-state index in [0.717, 1.165) is 16.5 Å². The third-order valence-electron chi connectivity index (χ3n) is 4.85. The minimum absolute atomic E-state index is 0.0931. The largest absolute Gasteiger partial charge is 0.457 e. The molecule has 2 aromatic heterocycles. The Kier molecular flexibility index (Phi) is 4.51. The van der Waals surface area contributed by atoms with Crippen LogP contribution in [0.3, 0.4) is 0 Å². The zero-order chi connectivity index (χ0) is 21.4. The number of furan rings is 1. The maximum absolute atomic E-state index is 13.1. The molecule has 31 heavy (non-hydrogen) atoms. The summed E-state index contributed by atoms with van der Waals surface area (Å²) >= 11 is 0. The van der Waals surface area contributed by atoms with Gasteiger partial charge in [0.25, 0.3) is 0 Å². The van der Waals surface area contributed by atoms with Crippen LogP contribution >= 0.6 is 0 Å². The number of carbonyl (C=O) groups excluding carboxylic acids is 1. The van der Waals surface area contributed by atoms with Gasteiger partial charge in [0.15, 0.2) is 6.61 Å². The predicted octanol–water partition coefficient (Wildman–Crippen LogP) is 5.42. The fourth-order valence-corrected chi connectivity index (χ4v) is 3.39. The van der Waals surface area contributed by atoms with E-state index in [4.69, 9.17) is 13.7 Å². The Morgan fingerprint density at radius 2 is 1.84 bits per heavy atom. The topological polar surface area (TPSA) is 97.5 Å². The fraction of sp³-hybridized carbons (Fsp3) is 0.0435. The molecule has 0 aliphatic rings. The maximum atomic E-state index is 13.1. The number of aromatic amines is 1. The number of ether oxygens (including phenoxy) is 1. The van der Waals surface area contributed by atoms with Crippen molar-refractivity contribution in [3.05, 3.63) is 88.7 Å². The highest BCUT2D eigenvalue weighted by Crippen LogP contribution is 2.27. The summed E-state index contributed by atoms with van der Waals surface area (Å²) in [6.07, 6.45) is -0.736. The summed E-state index contributed by atoms with van der Waals surface area (Å²) in [6, 6.07) is 18.5. The molecule has 1 amide bonds. The second kappa shape index (κ2) is 7.49. The molecule has 7 nitrogen and oxygen atoms in total. The van der Waals surface area contributed by atoms with Crippen LogP contribution in [0.2, 0.25) is 0 Å². The second-order valence-electron chi connectivity index (χ2n) is 6.89. The van der Waals surface area contributed by atoms with Gasteiger partial charge in [-0.2, -0.15) is 0 Å². The second-order valence-corrected chi connectivity index (χ2v) is 6.89. The van der Waals surface area contributed by atoms with Crippen molar-refractivity contribution in [3.8, 4) is 11.1 Å². The summed E-state index contributed by atoms with van der Waals surface area (Å²) in [5.41, 5.74) is 2.60. The number of hydrogen-bond donors (Lipinski definition) is 2. The molecule has 154 valence electrons. The van der Waals surface area contributed by atoms with Gasteiger partial charge in [0.05, 0.1) is 11.2 Å². The van der Waals surface area contributed by atoms with Gasteiger partial charge in [0, 0.05) is 5.39 Å². The number of H-pyrrole nitrogens is 1. The van der Waals surface area contributed by atoms with Gasteiger partial charge in [-0.3, -0.25) is 5.32 Å². The van der Waals surface area contributed by atoms with E-state index in [0.29, 0.717) is 16.9 Å². The highest BCUT2D eigenvalue weighted by molar-refractivity contribution is 5.98. The monoisotopic (exact) mass is 418 g/mol. The summed E-state index contributed by atoms with van der Waals surface area (Å²) < 4.78 is 28.8. The van der Waals surface area contributed by atoms with Crippen molar-refractivity contribution in [1.82, 2.24) is 5.16 Å². The standard InChI is InChI=1S/C23H15FN2O5/c24-16-7-4-13(5-8-16)14-6-9-20-15(10-14)11-17(30-20)12-29-23(28)25-18-2-1-3-19-21(18)22(27)31-26-19/h1-11,26H,12H2,(H,25,28). The number of hydrogen-bond acceptors (Lipinski definition) is 5. The highest BCUT2D eigenvalue weighted by Gasteiger charge is 2.13. The summed E-state index contributed by atoms with van der Waals surface area (Å²) in [5, 5.41) is 6.08. The molecule has 0 spiro atoms. The molecule has 8 heteroatoms. The van der Waals surface area contributed by atoms with Gasteiger partial charge < -0.3 is 13.7 Å². The molecule has 0 fully saturated rings. The van der Waals surface area contributed by atoms with Crippen LogP contribution in [0.25, 0.3) is 33.0 Å². The van der Waals surface area contributed by atoms with Gasteiger partial charge >= 0.3 is 11.7 Å². The number of rotatable bonds is 4. The molecule has 0 aliphatic heterocycles. The number of halogens is 1. The predicted molar refractivity (Wildman–Crippen MR) is 112 cm³/mol. The third kappa shape index (κ3) is 3.66. The molecule has 2 heterocycles. The maximum Gasteiger partial charge on any atom is 0.412 e. The van der Waals surface area contributed by atoms with Gasteiger partial charge in [-0.25, -0.2) is 19.1 Å². The molecule has 2 N–H and O–H groups in total. The van der Waals surface area contributed by atoms with Crippen molar-refractivity contribution in [1.29, 1.82) is 0 Å². The van der Waals surface area contributed by atoms with E-state index in [2.05, 4.69) is 10.5 Å². The molecule has 5 rings (SSSR count). The number of carbonyl (C=O) groups is 1. The number of benzene rings is 3. The molecular formula is C23H15FN2O5. The first-order chi connectivity index (χ1) is 15.1. The van der Waals surface area contributed by atoms with Gasteiger partial charge in [-0.05, 0) is 53.6 Å². The average Bonchev–Trinajstić information content (AvgIpc) is 3.36. The van der Waals surface area contributed by atoms with Crippen LogP contribution < -0.4 is 10.9 Å². The van der Waals surface area contributed by atoms with Crippen molar-refractivity contribution in [2.24, 2.45) is 0 Å². The third-order valence-corrected chi connectivity index (χ3v) is 4.85. The summed E-state index contributed by atoms with van der Waals surface area (Å²) in [7, 11) is 0. The molecule has 0 aliphatic carbocycles. The normalized spacial score (nSPS) is 11.1. The van der Waals surface area contributed by atoms with Crippen LogP contribution in [0.15, 0.2) is 80.5 Å². The van der Waals surface area contributed by atoms with E-state index in [-0.39, 0.29) is 23.5 Å². The summed E-state index contributed by atoms with van der Waals surface area (Å²) in [5.74, 6) is 0.167. The molecule has 5 aromatic rings. The molecule has 0 saturated carbocycles. The van der Waals surface area contributed by atoms with Crippen LogP contribution in [0.1, 0.15) is 5.76 Å². The lowest BCUT2D eigenvalue weighted by Crippen LogP contribution is -2.14. The van der Waals surface area contributed by atoms with Gasteiger partial charge in [0.2, 0.25) is 0 Å². The zero-order valence-electron chi connectivity index (χ0n) is 16.0. The zero-order valence-corrected chi connectivity index (χ0v) is 16.0. The Balaban J connectivity index is 1.30. The fourth-order valence-electron chi connectivity index (χ4n) is 3.39. The minimum Gasteiger partial charge on any atom is -0.457 e. The number of nitrogens with one attached hydrogen (secondary N) is 2. The number of fused-ring (bicyclic) bond motifs is 2. The van der Waals surface area contributed by atoms with E-state index in [1.165, 1.54) is 12.1 Å². The van der Waals surface area contributed by atoms with Gasteiger partial charge in [0.1, 0.15) is 22.5 Å².